The number of methoxy groups -OCH3 is 1. The van der Waals surface area contributed by atoms with E-state index in [1.54, 1.807) is 13.2 Å². The molecule has 4 heteroatoms. The lowest BCUT2D eigenvalue weighted by Crippen LogP contribution is -2.44. The summed E-state index contributed by atoms with van der Waals surface area (Å²) < 4.78 is 19.0. The highest BCUT2D eigenvalue weighted by molar-refractivity contribution is 5.30. The minimum absolute atomic E-state index is 0.0161. The molecule has 3 nitrogen and oxygen atoms in total. The maximum absolute atomic E-state index is 14.0. The van der Waals surface area contributed by atoms with Gasteiger partial charge >= 0.3 is 0 Å². The number of likely N-dealkylation sites (N-methyl/N-ethyl adjacent to an activating group) is 1. The topological polar surface area (TPSA) is 24.5 Å². The summed E-state index contributed by atoms with van der Waals surface area (Å²) in [6.07, 6.45) is 2.36. The number of hydrogen-bond donors (Lipinski definition) is 1. The van der Waals surface area contributed by atoms with Crippen LogP contribution in [0.1, 0.15) is 31.4 Å². The van der Waals surface area contributed by atoms with Crippen LogP contribution in [0.25, 0.3) is 0 Å². The highest BCUT2D eigenvalue weighted by atomic mass is 19.1. The molecule has 0 amide bonds. The quantitative estimate of drug-likeness (QED) is 0.906. The molecule has 1 saturated heterocycles. The van der Waals surface area contributed by atoms with Gasteiger partial charge in [-0.2, -0.15) is 0 Å². The van der Waals surface area contributed by atoms with Crippen LogP contribution in [-0.2, 0) is 0 Å². The molecule has 1 heterocycles. The average molecular weight is 266 g/mol. The van der Waals surface area contributed by atoms with Crippen molar-refractivity contribution in [3.63, 3.8) is 0 Å². The molecule has 19 heavy (non-hydrogen) atoms. The van der Waals surface area contributed by atoms with Crippen LogP contribution in [0.4, 0.5) is 4.39 Å². The van der Waals surface area contributed by atoms with Crippen molar-refractivity contribution in [2.75, 3.05) is 27.2 Å². The number of ether oxygens (including phenoxy) is 1. The third-order valence-corrected chi connectivity index (χ3v) is 3.78. The van der Waals surface area contributed by atoms with Crippen molar-refractivity contribution in [3.8, 4) is 5.75 Å². The third kappa shape index (κ3) is 3.67. The van der Waals surface area contributed by atoms with E-state index in [-0.39, 0.29) is 11.9 Å². The van der Waals surface area contributed by atoms with Gasteiger partial charge in [0.2, 0.25) is 0 Å². The Bertz CT molecular complexity index is 425. The van der Waals surface area contributed by atoms with Gasteiger partial charge in [-0.3, -0.25) is 0 Å². The average Bonchev–Trinajstić information content (AvgIpc) is 2.38. The number of nitrogens with one attached hydrogen (secondary N) is 1. The van der Waals surface area contributed by atoms with E-state index in [2.05, 4.69) is 17.3 Å². The van der Waals surface area contributed by atoms with E-state index in [1.807, 2.05) is 13.0 Å². The fourth-order valence-electron chi connectivity index (χ4n) is 2.73. The fourth-order valence-corrected chi connectivity index (χ4v) is 2.73. The van der Waals surface area contributed by atoms with Crippen LogP contribution in [0.2, 0.25) is 0 Å². The maximum atomic E-state index is 14.0. The van der Waals surface area contributed by atoms with Gasteiger partial charge in [-0.05, 0) is 39.4 Å². The lowest BCUT2D eigenvalue weighted by molar-refractivity contribution is 0.218. The van der Waals surface area contributed by atoms with Crippen molar-refractivity contribution in [1.82, 2.24) is 10.2 Å². The van der Waals surface area contributed by atoms with Gasteiger partial charge in [0.25, 0.3) is 0 Å². The molecular formula is C15H23FN2O. The van der Waals surface area contributed by atoms with Crippen molar-refractivity contribution in [2.24, 2.45) is 0 Å². The summed E-state index contributed by atoms with van der Waals surface area (Å²) in [5.41, 5.74) is 0.703. The summed E-state index contributed by atoms with van der Waals surface area (Å²) in [7, 11) is 3.68. The molecule has 0 saturated carbocycles. The van der Waals surface area contributed by atoms with Crippen LogP contribution in [0.5, 0.6) is 5.75 Å². The van der Waals surface area contributed by atoms with Gasteiger partial charge in [0, 0.05) is 30.3 Å². The molecule has 1 fully saturated rings. The van der Waals surface area contributed by atoms with E-state index in [0.717, 1.165) is 19.5 Å². The van der Waals surface area contributed by atoms with Gasteiger partial charge in [-0.25, -0.2) is 4.39 Å². The Morgan fingerprint density at radius 3 is 2.89 bits per heavy atom. The van der Waals surface area contributed by atoms with Crippen LogP contribution in [0.15, 0.2) is 18.2 Å². The first-order valence-corrected chi connectivity index (χ1v) is 6.88. The molecule has 0 spiro atoms. The van der Waals surface area contributed by atoms with Crippen molar-refractivity contribution < 1.29 is 9.13 Å². The number of benzene rings is 1. The normalized spacial score (nSPS) is 22.2. The van der Waals surface area contributed by atoms with Gasteiger partial charge < -0.3 is 15.0 Å². The van der Waals surface area contributed by atoms with E-state index in [1.165, 1.54) is 12.5 Å². The summed E-state index contributed by atoms with van der Waals surface area (Å²) in [5.74, 6) is 0.356. The Morgan fingerprint density at radius 1 is 1.47 bits per heavy atom. The third-order valence-electron chi connectivity index (χ3n) is 3.78. The van der Waals surface area contributed by atoms with Gasteiger partial charge in [-0.15, -0.1) is 0 Å². The number of rotatable bonds is 4. The summed E-state index contributed by atoms with van der Waals surface area (Å²) in [6.45, 7) is 4.20. The fraction of sp³-hybridized carbons (Fsp3) is 0.600. The smallest absolute Gasteiger partial charge is 0.131 e. The zero-order valence-electron chi connectivity index (χ0n) is 11.9. The zero-order valence-corrected chi connectivity index (χ0v) is 11.9. The number of hydrogen-bond acceptors (Lipinski definition) is 3. The van der Waals surface area contributed by atoms with E-state index < -0.39 is 0 Å². The van der Waals surface area contributed by atoms with Crippen molar-refractivity contribution in [2.45, 2.75) is 31.8 Å². The monoisotopic (exact) mass is 266 g/mol. The Labute approximate surface area is 114 Å². The molecular weight excluding hydrogens is 243 g/mol. The Kier molecular flexibility index (Phi) is 4.77. The van der Waals surface area contributed by atoms with E-state index in [0.29, 0.717) is 17.4 Å². The van der Waals surface area contributed by atoms with Crippen LogP contribution in [0, 0.1) is 5.82 Å². The highest BCUT2D eigenvalue weighted by Gasteiger charge is 2.20. The SMILES string of the molecule is COc1ccc(C(C)NC2CCCN(C)C2)c(F)c1. The molecule has 1 aromatic rings. The first-order valence-electron chi connectivity index (χ1n) is 6.88. The first kappa shape index (κ1) is 14.3. The van der Waals surface area contributed by atoms with Gasteiger partial charge in [0.1, 0.15) is 11.6 Å². The molecule has 106 valence electrons. The number of nitrogens with zero attached hydrogens (tertiary/aromatic N) is 1. The van der Waals surface area contributed by atoms with Crippen LogP contribution >= 0.6 is 0 Å². The minimum Gasteiger partial charge on any atom is -0.497 e. The molecule has 0 radical (unpaired) electrons. The Morgan fingerprint density at radius 2 is 2.26 bits per heavy atom. The number of piperidine rings is 1. The first-order chi connectivity index (χ1) is 9.10. The van der Waals surface area contributed by atoms with E-state index >= 15 is 0 Å². The predicted octanol–water partition coefficient (Wildman–Crippen LogP) is 2.58. The highest BCUT2D eigenvalue weighted by Crippen LogP contribution is 2.23. The molecule has 2 rings (SSSR count). The van der Waals surface area contributed by atoms with E-state index in [4.69, 9.17) is 4.74 Å². The van der Waals surface area contributed by atoms with E-state index in [9.17, 15) is 4.39 Å². The molecule has 0 aliphatic carbocycles. The lowest BCUT2D eigenvalue weighted by atomic mass is 10.0. The maximum Gasteiger partial charge on any atom is 0.131 e. The lowest BCUT2D eigenvalue weighted by Gasteiger charge is -2.32. The minimum atomic E-state index is -0.205. The second kappa shape index (κ2) is 6.35. The van der Waals surface area contributed by atoms with Gasteiger partial charge in [0.15, 0.2) is 0 Å². The largest absolute Gasteiger partial charge is 0.497 e. The zero-order chi connectivity index (χ0) is 13.8. The molecule has 0 bridgehead atoms. The summed E-state index contributed by atoms with van der Waals surface area (Å²) in [4.78, 5) is 2.32. The summed E-state index contributed by atoms with van der Waals surface area (Å²) >= 11 is 0. The van der Waals surface area contributed by atoms with Crippen molar-refractivity contribution >= 4 is 0 Å². The number of halogens is 1. The number of likely N-dealkylation sites (tertiary alicyclic amines) is 1. The standard InChI is InChI=1S/C15H23FN2O/c1-11(17-12-5-4-8-18(2)10-12)14-7-6-13(19-3)9-15(14)16/h6-7,9,11-12,17H,4-5,8,10H2,1-3H3. The molecule has 0 aromatic heterocycles. The molecule has 2 unspecified atom stereocenters. The molecule has 1 N–H and O–H groups in total. The van der Waals surface area contributed by atoms with Crippen molar-refractivity contribution in [1.29, 1.82) is 0 Å². The second-order valence-corrected chi connectivity index (χ2v) is 5.38. The second-order valence-electron chi connectivity index (χ2n) is 5.38. The Hall–Kier alpha value is -1.13. The molecule has 1 aliphatic rings. The van der Waals surface area contributed by atoms with Crippen LogP contribution < -0.4 is 10.1 Å². The van der Waals surface area contributed by atoms with Gasteiger partial charge in [-0.1, -0.05) is 6.07 Å². The summed E-state index contributed by atoms with van der Waals surface area (Å²) in [6, 6.07) is 5.51. The van der Waals surface area contributed by atoms with Crippen LogP contribution in [-0.4, -0.2) is 38.2 Å². The van der Waals surface area contributed by atoms with Gasteiger partial charge in [0.05, 0.1) is 7.11 Å². The molecule has 1 aliphatic heterocycles. The molecule has 1 aromatic carbocycles. The van der Waals surface area contributed by atoms with Crippen molar-refractivity contribution in [3.05, 3.63) is 29.6 Å². The Balaban J connectivity index is 2.01. The molecule has 2 atom stereocenters. The predicted molar refractivity (Wildman–Crippen MR) is 75.0 cm³/mol. The summed E-state index contributed by atoms with van der Waals surface area (Å²) in [5, 5.41) is 3.52. The van der Waals surface area contributed by atoms with Crippen LogP contribution in [0.3, 0.4) is 0 Å².